The summed E-state index contributed by atoms with van der Waals surface area (Å²) in [7, 11) is 0. The van der Waals surface area contributed by atoms with Crippen LogP contribution in [0, 0.1) is 6.92 Å². The molecule has 0 saturated heterocycles. The number of aliphatic hydroxyl groups is 1. The molecular formula is C11H13BrO2. The Kier molecular flexibility index (Phi) is 2.32. The largest absolute Gasteiger partial charge is 0.508 e. The third-order valence-corrected chi connectivity index (χ3v) is 3.56. The minimum Gasteiger partial charge on any atom is -0.508 e. The molecule has 1 saturated carbocycles. The van der Waals surface area contributed by atoms with E-state index in [9.17, 15) is 10.2 Å². The minimum absolute atomic E-state index is 0.283. The van der Waals surface area contributed by atoms with E-state index in [0.717, 1.165) is 28.4 Å². The predicted octanol–water partition coefficient (Wildman–Crippen LogP) is 2.53. The Bertz CT molecular complexity index is 370. The topological polar surface area (TPSA) is 40.5 Å². The second kappa shape index (κ2) is 3.24. The molecule has 0 bridgehead atoms. The maximum Gasteiger partial charge on any atom is 0.119 e. The molecule has 0 aliphatic heterocycles. The van der Waals surface area contributed by atoms with E-state index in [2.05, 4.69) is 15.9 Å². The number of phenolic OH excluding ortho intramolecular Hbond substituents is 1. The molecule has 0 spiro atoms. The maximum absolute atomic E-state index is 9.74. The van der Waals surface area contributed by atoms with E-state index >= 15 is 0 Å². The summed E-state index contributed by atoms with van der Waals surface area (Å²) in [6.45, 7) is 1.93. The van der Waals surface area contributed by atoms with E-state index < -0.39 is 5.60 Å². The molecule has 2 rings (SSSR count). The second-order valence-corrected chi connectivity index (χ2v) is 4.99. The number of aryl methyl sites for hydroxylation is 1. The SMILES string of the molecule is Cc1cc(O)c(CC2(O)CC2)cc1Br. The van der Waals surface area contributed by atoms with Crippen LogP contribution in [0.15, 0.2) is 16.6 Å². The van der Waals surface area contributed by atoms with Gasteiger partial charge in [-0.15, -0.1) is 0 Å². The van der Waals surface area contributed by atoms with Crippen LogP contribution >= 0.6 is 15.9 Å². The number of aromatic hydroxyl groups is 1. The lowest BCUT2D eigenvalue weighted by Crippen LogP contribution is -2.10. The van der Waals surface area contributed by atoms with Gasteiger partial charge in [0.15, 0.2) is 0 Å². The van der Waals surface area contributed by atoms with Gasteiger partial charge in [0, 0.05) is 10.9 Å². The Morgan fingerprint density at radius 3 is 2.64 bits per heavy atom. The molecule has 1 aliphatic rings. The number of benzene rings is 1. The van der Waals surface area contributed by atoms with Gasteiger partial charge in [0.2, 0.25) is 0 Å². The zero-order valence-electron chi connectivity index (χ0n) is 8.05. The van der Waals surface area contributed by atoms with E-state index in [1.165, 1.54) is 0 Å². The van der Waals surface area contributed by atoms with E-state index in [1.807, 2.05) is 13.0 Å². The molecule has 0 unspecified atom stereocenters. The number of halogens is 1. The van der Waals surface area contributed by atoms with Crippen molar-refractivity contribution in [2.24, 2.45) is 0 Å². The molecule has 0 atom stereocenters. The third kappa shape index (κ3) is 1.93. The normalized spacial score (nSPS) is 18.2. The second-order valence-electron chi connectivity index (χ2n) is 4.13. The lowest BCUT2D eigenvalue weighted by Gasteiger charge is -2.11. The zero-order chi connectivity index (χ0) is 10.3. The molecule has 2 nitrogen and oxygen atoms in total. The van der Waals surface area contributed by atoms with E-state index in [-0.39, 0.29) is 5.75 Å². The minimum atomic E-state index is -0.549. The molecule has 1 aliphatic carbocycles. The van der Waals surface area contributed by atoms with Crippen molar-refractivity contribution in [1.82, 2.24) is 0 Å². The Hall–Kier alpha value is -0.540. The van der Waals surface area contributed by atoms with Crippen LogP contribution in [-0.4, -0.2) is 15.8 Å². The molecule has 1 aromatic carbocycles. The standard InChI is InChI=1S/C11H13BrO2/c1-7-4-10(13)8(5-9(7)12)6-11(14)2-3-11/h4-5,13-14H,2-3,6H2,1H3. The average Bonchev–Trinajstić information content (AvgIpc) is 2.80. The highest BCUT2D eigenvalue weighted by atomic mass is 79.9. The van der Waals surface area contributed by atoms with E-state index in [1.54, 1.807) is 6.07 Å². The molecule has 1 fully saturated rings. The highest BCUT2D eigenvalue weighted by Gasteiger charge is 2.40. The molecular weight excluding hydrogens is 244 g/mol. The van der Waals surface area contributed by atoms with Gasteiger partial charge in [-0.2, -0.15) is 0 Å². The number of hydrogen-bond donors (Lipinski definition) is 2. The molecule has 0 aromatic heterocycles. The molecule has 76 valence electrons. The fourth-order valence-corrected chi connectivity index (χ4v) is 1.92. The molecule has 3 heteroatoms. The first-order valence-corrected chi connectivity index (χ1v) is 5.50. The van der Waals surface area contributed by atoms with Crippen molar-refractivity contribution >= 4 is 15.9 Å². The Balaban J connectivity index is 2.29. The van der Waals surface area contributed by atoms with Crippen LogP contribution in [-0.2, 0) is 6.42 Å². The summed E-state index contributed by atoms with van der Waals surface area (Å²) in [4.78, 5) is 0. The van der Waals surface area contributed by atoms with Gasteiger partial charge in [-0.1, -0.05) is 15.9 Å². The molecule has 2 N–H and O–H groups in total. The predicted molar refractivity (Wildman–Crippen MR) is 58.4 cm³/mol. The first-order chi connectivity index (χ1) is 6.50. The summed E-state index contributed by atoms with van der Waals surface area (Å²) in [5, 5.41) is 19.4. The van der Waals surface area contributed by atoms with Crippen LogP contribution in [0.1, 0.15) is 24.0 Å². The summed E-state index contributed by atoms with van der Waals surface area (Å²) in [6.07, 6.45) is 2.24. The lowest BCUT2D eigenvalue weighted by atomic mass is 10.0. The molecule has 0 radical (unpaired) electrons. The highest BCUT2D eigenvalue weighted by Crippen LogP contribution is 2.40. The van der Waals surface area contributed by atoms with E-state index in [4.69, 9.17) is 0 Å². The summed E-state index contributed by atoms with van der Waals surface area (Å²) in [5.74, 6) is 0.283. The molecule has 14 heavy (non-hydrogen) atoms. The summed E-state index contributed by atoms with van der Waals surface area (Å²) in [5.41, 5.74) is 1.28. The van der Waals surface area contributed by atoms with Crippen LogP contribution < -0.4 is 0 Å². The van der Waals surface area contributed by atoms with Gasteiger partial charge in [0.05, 0.1) is 5.60 Å². The first-order valence-electron chi connectivity index (χ1n) is 4.71. The molecule has 1 aromatic rings. The van der Waals surface area contributed by atoms with Crippen LogP contribution in [0.2, 0.25) is 0 Å². The van der Waals surface area contributed by atoms with Gasteiger partial charge >= 0.3 is 0 Å². The van der Waals surface area contributed by atoms with Gasteiger partial charge in [0.25, 0.3) is 0 Å². The van der Waals surface area contributed by atoms with E-state index in [0.29, 0.717) is 6.42 Å². The number of rotatable bonds is 2. The van der Waals surface area contributed by atoms with Crippen molar-refractivity contribution in [3.63, 3.8) is 0 Å². The third-order valence-electron chi connectivity index (χ3n) is 2.71. The first kappa shape index (κ1) is 9.99. The van der Waals surface area contributed by atoms with Gasteiger partial charge in [-0.3, -0.25) is 0 Å². The van der Waals surface area contributed by atoms with Crippen molar-refractivity contribution in [1.29, 1.82) is 0 Å². The monoisotopic (exact) mass is 256 g/mol. The van der Waals surface area contributed by atoms with Crippen LogP contribution in [0.25, 0.3) is 0 Å². The zero-order valence-corrected chi connectivity index (χ0v) is 9.63. The van der Waals surface area contributed by atoms with Crippen LogP contribution in [0.5, 0.6) is 5.75 Å². The van der Waals surface area contributed by atoms with Crippen LogP contribution in [0.3, 0.4) is 0 Å². The molecule has 0 heterocycles. The number of phenols is 1. The van der Waals surface area contributed by atoms with Gasteiger partial charge in [-0.05, 0) is 43.0 Å². The van der Waals surface area contributed by atoms with Crippen molar-refractivity contribution in [3.8, 4) is 5.75 Å². The van der Waals surface area contributed by atoms with Gasteiger partial charge < -0.3 is 10.2 Å². The van der Waals surface area contributed by atoms with Crippen molar-refractivity contribution < 1.29 is 10.2 Å². The van der Waals surface area contributed by atoms with Crippen LogP contribution in [0.4, 0.5) is 0 Å². The Morgan fingerprint density at radius 2 is 2.07 bits per heavy atom. The van der Waals surface area contributed by atoms with Gasteiger partial charge in [-0.25, -0.2) is 0 Å². The summed E-state index contributed by atoms with van der Waals surface area (Å²) >= 11 is 3.42. The fourth-order valence-electron chi connectivity index (χ4n) is 1.52. The smallest absolute Gasteiger partial charge is 0.119 e. The maximum atomic E-state index is 9.74. The Labute approximate surface area is 91.7 Å². The average molecular weight is 257 g/mol. The molecule has 0 amide bonds. The lowest BCUT2D eigenvalue weighted by molar-refractivity contribution is 0.150. The summed E-state index contributed by atoms with van der Waals surface area (Å²) < 4.78 is 0.981. The highest BCUT2D eigenvalue weighted by molar-refractivity contribution is 9.10. The van der Waals surface area contributed by atoms with Crippen molar-refractivity contribution in [2.75, 3.05) is 0 Å². The summed E-state index contributed by atoms with van der Waals surface area (Å²) in [6, 6.07) is 3.62. The quantitative estimate of drug-likeness (QED) is 0.854. The van der Waals surface area contributed by atoms with Crippen molar-refractivity contribution in [2.45, 2.75) is 31.8 Å². The van der Waals surface area contributed by atoms with Crippen molar-refractivity contribution in [3.05, 3.63) is 27.7 Å². The fraction of sp³-hybridized carbons (Fsp3) is 0.455. The van der Waals surface area contributed by atoms with Gasteiger partial charge in [0.1, 0.15) is 5.75 Å². The Morgan fingerprint density at radius 1 is 1.43 bits per heavy atom. The number of hydrogen-bond acceptors (Lipinski definition) is 2.